The molecule has 4 heteroatoms. The first kappa shape index (κ1) is 16.5. The summed E-state index contributed by atoms with van der Waals surface area (Å²) in [4.78, 5) is 5.06. The van der Waals surface area contributed by atoms with Crippen molar-refractivity contribution >= 4 is 18.3 Å². The van der Waals surface area contributed by atoms with Gasteiger partial charge in [0.1, 0.15) is 5.75 Å². The summed E-state index contributed by atoms with van der Waals surface area (Å²) in [5.74, 6) is 2.73. The van der Waals surface area contributed by atoms with E-state index in [-0.39, 0.29) is 0 Å². The van der Waals surface area contributed by atoms with Crippen molar-refractivity contribution in [1.29, 1.82) is 0 Å². The Morgan fingerprint density at radius 3 is 2.33 bits per heavy atom. The molecule has 1 aromatic carbocycles. The Kier molecular flexibility index (Phi) is 6.71. The summed E-state index contributed by atoms with van der Waals surface area (Å²) in [5, 5.41) is 0. The van der Waals surface area contributed by atoms with Crippen LogP contribution in [0.1, 0.15) is 19.8 Å². The van der Waals surface area contributed by atoms with Gasteiger partial charge in [-0.25, -0.2) is 0 Å². The number of methoxy groups -OCH3 is 1. The van der Waals surface area contributed by atoms with E-state index in [9.17, 15) is 0 Å². The van der Waals surface area contributed by atoms with Crippen LogP contribution in [0.4, 0.5) is 5.69 Å². The van der Waals surface area contributed by atoms with Crippen molar-refractivity contribution in [3.63, 3.8) is 0 Å². The molecule has 0 amide bonds. The van der Waals surface area contributed by atoms with Gasteiger partial charge in [0, 0.05) is 31.9 Å². The van der Waals surface area contributed by atoms with E-state index in [1.807, 2.05) is 12.1 Å². The number of rotatable bonds is 7. The van der Waals surface area contributed by atoms with Crippen LogP contribution in [0.3, 0.4) is 0 Å². The molecule has 1 saturated heterocycles. The molecule has 0 aliphatic carbocycles. The monoisotopic (exact) mass is 308 g/mol. The van der Waals surface area contributed by atoms with Gasteiger partial charge in [0.2, 0.25) is 0 Å². The molecule has 1 aliphatic heterocycles. The van der Waals surface area contributed by atoms with E-state index >= 15 is 0 Å². The van der Waals surface area contributed by atoms with Gasteiger partial charge >= 0.3 is 0 Å². The van der Waals surface area contributed by atoms with Gasteiger partial charge in [-0.2, -0.15) is 12.6 Å². The predicted octanol–water partition coefficient (Wildman–Crippen LogP) is 3.16. The third kappa shape index (κ3) is 5.11. The number of hydrogen-bond acceptors (Lipinski definition) is 4. The minimum atomic E-state index is 0.794. The Labute approximate surface area is 134 Å². The standard InChI is InChI=1S/C17H28N2OS/c1-15(8-14-21)7-9-18-10-12-19(13-11-18)16-3-5-17(20-2)6-4-16/h3-6,15,21H,7-14H2,1-2H3. The minimum Gasteiger partial charge on any atom is -0.497 e. The zero-order valence-corrected chi connectivity index (χ0v) is 14.2. The summed E-state index contributed by atoms with van der Waals surface area (Å²) < 4.78 is 5.22. The van der Waals surface area contributed by atoms with Gasteiger partial charge in [-0.15, -0.1) is 0 Å². The average Bonchev–Trinajstić information content (AvgIpc) is 2.54. The van der Waals surface area contributed by atoms with E-state index in [0.29, 0.717) is 0 Å². The average molecular weight is 308 g/mol. The lowest BCUT2D eigenvalue weighted by molar-refractivity contribution is 0.240. The SMILES string of the molecule is COc1ccc(N2CCN(CCC(C)CCS)CC2)cc1. The molecule has 1 aliphatic rings. The summed E-state index contributed by atoms with van der Waals surface area (Å²) in [7, 11) is 1.71. The van der Waals surface area contributed by atoms with Gasteiger partial charge in [0.25, 0.3) is 0 Å². The van der Waals surface area contributed by atoms with Crippen LogP contribution in [0.5, 0.6) is 5.75 Å². The van der Waals surface area contributed by atoms with Crippen LogP contribution in [0.15, 0.2) is 24.3 Å². The quantitative estimate of drug-likeness (QED) is 0.779. The van der Waals surface area contributed by atoms with Gasteiger partial charge in [-0.3, -0.25) is 4.90 Å². The molecule has 0 radical (unpaired) electrons. The van der Waals surface area contributed by atoms with Crippen molar-refractivity contribution in [2.75, 3.05) is 50.5 Å². The Hall–Kier alpha value is -0.870. The van der Waals surface area contributed by atoms with Crippen LogP contribution < -0.4 is 9.64 Å². The minimum absolute atomic E-state index is 0.794. The molecular formula is C17H28N2OS. The summed E-state index contributed by atoms with van der Waals surface area (Å²) in [6.45, 7) is 8.13. The highest BCUT2D eigenvalue weighted by Crippen LogP contribution is 2.20. The van der Waals surface area contributed by atoms with Crippen molar-refractivity contribution in [2.24, 2.45) is 5.92 Å². The van der Waals surface area contributed by atoms with Crippen molar-refractivity contribution in [3.8, 4) is 5.75 Å². The van der Waals surface area contributed by atoms with Gasteiger partial charge in [-0.1, -0.05) is 6.92 Å². The number of hydrogen-bond donors (Lipinski definition) is 1. The molecule has 1 fully saturated rings. The van der Waals surface area contributed by atoms with Crippen molar-refractivity contribution in [2.45, 2.75) is 19.8 Å². The molecule has 1 aromatic rings. The third-order valence-electron chi connectivity index (χ3n) is 4.37. The molecule has 0 N–H and O–H groups in total. The molecule has 0 bridgehead atoms. The first-order chi connectivity index (χ1) is 10.2. The zero-order valence-electron chi connectivity index (χ0n) is 13.3. The molecule has 1 unspecified atom stereocenters. The van der Waals surface area contributed by atoms with Gasteiger partial charge in [0.05, 0.1) is 7.11 Å². The van der Waals surface area contributed by atoms with Gasteiger partial charge in [0.15, 0.2) is 0 Å². The Morgan fingerprint density at radius 1 is 1.10 bits per heavy atom. The molecule has 118 valence electrons. The van der Waals surface area contributed by atoms with Crippen molar-refractivity contribution in [3.05, 3.63) is 24.3 Å². The third-order valence-corrected chi connectivity index (χ3v) is 4.63. The van der Waals surface area contributed by atoms with Crippen LogP contribution in [0, 0.1) is 5.92 Å². The van der Waals surface area contributed by atoms with E-state index in [1.54, 1.807) is 7.11 Å². The molecular weight excluding hydrogens is 280 g/mol. The Balaban J connectivity index is 1.74. The number of benzene rings is 1. The highest BCUT2D eigenvalue weighted by atomic mass is 32.1. The Bertz CT molecular complexity index is 402. The fourth-order valence-corrected chi connectivity index (χ4v) is 3.23. The number of anilines is 1. The topological polar surface area (TPSA) is 15.7 Å². The molecule has 3 nitrogen and oxygen atoms in total. The molecule has 0 spiro atoms. The van der Waals surface area contributed by atoms with E-state index < -0.39 is 0 Å². The predicted molar refractivity (Wildman–Crippen MR) is 93.9 cm³/mol. The lowest BCUT2D eigenvalue weighted by Gasteiger charge is -2.36. The first-order valence-corrected chi connectivity index (χ1v) is 8.58. The fraction of sp³-hybridized carbons (Fsp3) is 0.647. The maximum atomic E-state index is 5.22. The number of ether oxygens (including phenoxy) is 1. The number of nitrogens with zero attached hydrogens (tertiary/aromatic N) is 2. The molecule has 21 heavy (non-hydrogen) atoms. The molecule has 2 rings (SSSR count). The summed E-state index contributed by atoms with van der Waals surface area (Å²) in [6.07, 6.45) is 2.53. The van der Waals surface area contributed by atoms with Gasteiger partial charge < -0.3 is 9.64 Å². The van der Waals surface area contributed by atoms with E-state index in [0.717, 1.165) is 30.5 Å². The summed E-state index contributed by atoms with van der Waals surface area (Å²) in [5.41, 5.74) is 1.30. The second-order valence-corrected chi connectivity index (χ2v) is 6.38. The maximum absolute atomic E-state index is 5.22. The van der Waals surface area contributed by atoms with Crippen LogP contribution in [0.2, 0.25) is 0 Å². The Morgan fingerprint density at radius 2 is 1.76 bits per heavy atom. The first-order valence-electron chi connectivity index (χ1n) is 7.95. The largest absolute Gasteiger partial charge is 0.497 e. The van der Waals surface area contributed by atoms with Crippen molar-refractivity contribution in [1.82, 2.24) is 4.90 Å². The second kappa shape index (κ2) is 8.54. The second-order valence-electron chi connectivity index (χ2n) is 5.93. The fourth-order valence-electron chi connectivity index (χ4n) is 2.79. The lowest BCUT2D eigenvalue weighted by atomic mass is 10.0. The summed E-state index contributed by atoms with van der Waals surface area (Å²) >= 11 is 4.32. The summed E-state index contributed by atoms with van der Waals surface area (Å²) in [6, 6.07) is 8.40. The van der Waals surface area contributed by atoms with E-state index in [1.165, 1.54) is 38.2 Å². The normalized spacial score (nSPS) is 17.8. The number of thiol groups is 1. The highest BCUT2D eigenvalue weighted by Gasteiger charge is 2.17. The highest BCUT2D eigenvalue weighted by molar-refractivity contribution is 7.80. The molecule has 1 heterocycles. The lowest BCUT2D eigenvalue weighted by Crippen LogP contribution is -2.46. The van der Waals surface area contributed by atoms with Crippen molar-refractivity contribution < 1.29 is 4.74 Å². The van der Waals surface area contributed by atoms with Crippen LogP contribution in [0.25, 0.3) is 0 Å². The van der Waals surface area contributed by atoms with E-state index in [2.05, 4.69) is 41.5 Å². The molecule has 1 atom stereocenters. The zero-order chi connectivity index (χ0) is 15.1. The number of piperazine rings is 1. The molecule has 0 saturated carbocycles. The van der Waals surface area contributed by atoms with E-state index in [4.69, 9.17) is 4.74 Å². The van der Waals surface area contributed by atoms with Gasteiger partial charge in [-0.05, 0) is 55.3 Å². The maximum Gasteiger partial charge on any atom is 0.119 e. The van der Waals surface area contributed by atoms with Crippen LogP contribution in [-0.4, -0.2) is 50.5 Å². The van der Waals surface area contributed by atoms with Crippen LogP contribution >= 0.6 is 12.6 Å². The molecule has 0 aromatic heterocycles. The smallest absolute Gasteiger partial charge is 0.119 e. The van der Waals surface area contributed by atoms with Crippen LogP contribution in [-0.2, 0) is 0 Å².